The highest BCUT2D eigenvalue weighted by molar-refractivity contribution is 6.31. The standard InChI is InChI=1S/C23H27ClF2O4/c1-6-29-19(28)11-30-18-10-16(24)15(20(12(2)3)23(18)26)9-14-7-8-17(27)21(13(4)5)22(14)25/h7-8,10,12-13,27H,6,9,11H2,1-5H3. The van der Waals surface area contributed by atoms with Crippen molar-refractivity contribution in [2.45, 2.75) is 52.9 Å². The smallest absolute Gasteiger partial charge is 0.344 e. The number of carbonyl (C=O) groups is 1. The van der Waals surface area contributed by atoms with Crippen LogP contribution in [-0.2, 0) is 16.0 Å². The largest absolute Gasteiger partial charge is 0.508 e. The van der Waals surface area contributed by atoms with E-state index in [9.17, 15) is 9.90 Å². The van der Waals surface area contributed by atoms with E-state index in [1.54, 1.807) is 34.6 Å². The molecule has 0 aromatic heterocycles. The van der Waals surface area contributed by atoms with Crippen LogP contribution in [0.2, 0.25) is 5.02 Å². The van der Waals surface area contributed by atoms with Crippen LogP contribution < -0.4 is 4.74 Å². The average molecular weight is 441 g/mol. The number of esters is 1. The normalized spacial score (nSPS) is 11.3. The number of phenols is 1. The van der Waals surface area contributed by atoms with Crippen LogP contribution in [0.15, 0.2) is 18.2 Å². The van der Waals surface area contributed by atoms with Crippen molar-refractivity contribution in [3.8, 4) is 11.5 Å². The third-order valence-electron chi connectivity index (χ3n) is 4.73. The van der Waals surface area contributed by atoms with Crippen LogP contribution in [-0.4, -0.2) is 24.3 Å². The van der Waals surface area contributed by atoms with E-state index in [0.29, 0.717) is 16.7 Å². The number of rotatable bonds is 8. The van der Waals surface area contributed by atoms with Crippen molar-refractivity contribution in [2.75, 3.05) is 13.2 Å². The molecule has 2 aromatic carbocycles. The van der Waals surface area contributed by atoms with Crippen molar-refractivity contribution >= 4 is 17.6 Å². The van der Waals surface area contributed by atoms with Crippen LogP contribution in [0.25, 0.3) is 0 Å². The van der Waals surface area contributed by atoms with E-state index in [2.05, 4.69) is 0 Å². The predicted molar refractivity (Wildman–Crippen MR) is 113 cm³/mol. The fourth-order valence-corrected chi connectivity index (χ4v) is 3.66. The van der Waals surface area contributed by atoms with E-state index in [-0.39, 0.29) is 46.9 Å². The topological polar surface area (TPSA) is 55.8 Å². The maximum absolute atomic E-state index is 15.2. The Labute approximate surface area is 180 Å². The lowest BCUT2D eigenvalue weighted by Gasteiger charge is -2.20. The molecule has 0 aliphatic heterocycles. The molecule has 4 nitrogen and oxygen atoms in total. The van der Waals surface area contributed by atoms with E-state index < -0.39 is 24.2 Å². The SMILES string of the molecule is CCOC(=O)COc1cc(Cl)c(Cc2ccc(O)c(C(C)C)c2F)c(C(C)C)c1F. The maximum Gasteiger partial charge on any atom is 0.344 e. The highest BCUT2D eigenvalue weighted by atomic mass is 35.5. The minimum Gasteiger partial charge on any atom is -0.508 e. The Balaban J connectivity index is 2.48. The van der Waals surface area contributed by atoms with Gasteiger partial charge in [-0.05, 0) is 41.5 Å². The van der Waals surface area contributed by atoms with Crippen LogP contribution in [0.3, 0.4) is 0 Å². The number of hydrogen-bond donors (Lipinski definition) is 1. The van der Waals surface area contributed by atoms with Crippen molar-refractivity contribution in [2.24, 2.45) is 0 Å². The van der Waals surface area contributed by atoms with Gasteiger partial charge in [-0.25, -0.2) is 13.6 Å². The molecule has 0 fully saturated rings. The number of phenolic OH excluding ortho intramolecular Hbond substituents is 1. The summed E-state index contributed by atoms with van der Waals surface area (Å²) in [6, 6.07) is 4.20. The van der Waals surface area contributed by atoms with Crippen LogP contribution in [0.1, 0.15) is 68.7 Å². The molecule has 0 saturated heterocycles. The van der Waals surface area contributed by atoms with E-state index in [0.717, 1.165) is 0 Å². The van der Waals surface area contributed by atoms with Crippen molar-refractivity contribution in [3.05, 3.63) is 57.1 Å². The Morgan fingerprint density at radius 3 is 2.30 bits per heavy atom. The Morgan fingerprint density at radius 1 is 1.10 bits per heavy atom. The summed E-state index contributed by atoms with van der Waals surface area (Å²) in [6.07, 6.45) is 0.0489. The summed E-state index contributed by atoms with van der Waals surface area (Å²) in [7, 11) is 0. The first kappa shape index (κ1) is 23.9. The molecule has 2 aromatic rings. The third kappa shape index (κ3) is 5.22. The summed E-state index contributed by atoms with van der Waals surface area (Å²) >= 11 is 6.43. The number of hydrogen-bond acceptors (Lipinski definition) is 4. The number of ether oxygens (including phenoxy) is 2. The summed E-state index contributed by atoms with van der Waals surface area (Å²) < 4.78 is 40.3. The highest BCUT2D eigenvalue weighted by Crippen LogP contribution is 2.38. The first-order valence-corrected chi connectivity index (χ1v) is 10.3. The molecule has 0 amide bonds. The number of carbonyl (C=O) groups excluding carboxylic acids is 1. The molecule has 1 N–H and O–H groups in total. The van der Waals surface area contributed by atoms with Crippen molar-refractivity contribution in [1.29, 1.82) is 0 Å². The van der Waals surface area contributed by atoms with Crippen LogP contribution in [0, 0.1) is 11.6 Å². The zero-order valence-electron chi connectivity index (χ0n) is 17.8. The average Bonchev–Trinajstić information content (AvgIpc) is 2.65. The molecule has 7 heteroatoms. The van der Waals surface area contributed by atoms with Gasteiger partial charge in [-0.3, -0.25) is 0 Å². The van der Waals surface area contributed by atoms with Gasteiger partial charge in [-0.15, -0.1) is 0 Å². The van der Waals surface area contributed by atoms with Gasteiger partial charge in [0.2, 0.25) is 0 Å². The molecular weight excluding hydrogens is 414 g/mol. The molecule has 0 atom stereocenters. The highest BCUT2D eigenvalue weighted by Gasteiger charge is 2.24. The van der Waals surface area contributed by atoms with Crippen molar-refractivity contribution in [1.82, 2.24) is 0 Å². The molecule has 0 unspecified atom stereocenters. The van der Waals surface area contributed by atoms with Gasteiger partial charge in [-0.2, -0.15) is 0 Å². The first-order valence-electron chi connectivity index (χ1n) is 9.87. The van der Waals surface area contributed by atoms with E-state index >= 15 is 8.78 Å². The van der Waals surface area contributed by atoms with E-state index in [1.807, 2.05) is 0 Å². The summed E-state index contributed by atoms with van der Waals surface area (Å²) in [6.45, 7) is 8.56. The first-order chi connectivity index (χ1) is 14.1. The predicted octanol–water partition coefficient (Wildman–Crippen LogP) is 6.10. The lowest BCUT2D eigenvalue weighted by molar-refractivity contribution is -0.145. The summed E-state index contributed by atoms with van der Waals surface area (Å²) in [5.41, 5.74) is 1.25. The zero-order chi connectivity index (χ0) is 22.6. The van der Waals surface area contributed by atoms with Crippen LogP contribution in [0.4, 0.5) is 8.78 Å². The number of halogens is 3. The van der Waals surface area contributed by atoms with Crippen LogP contribution in [0.5, 0.6) is 11.5 Å². The lowest BCUT2D eigenvalue weighted by atomic mass is 9.90. The lowest BCUT2D eigenvalue weighted by Crippen LogP contribution is -2.16. The summed E-state index contributed by atoms with van der Waals surface area (Å²) in [5.74, 6) is -2.55. The molecular formula is C23H27ClF2O4. The molecule has 0 aliphatic rings. The van der Waals surface area contributed by atoms with E-state index in [4.69, 9.17) is 21.1 Å². The molecule has 164 valence electrons. The zero-order valence-corrected chi connectivity index (χ0v) is 18.6. The van der Waals surface area contributed by atoms with Gasteiger partial charge in [0.1, 0.15) is 11.6 Å². The summed E-state index contributed by atoms with van der Waals surface area (Å²) in [5, 5.41) is 10.2. The van der Waals surface area contributed by atoms with Crippen molar-refractivity contribution in [3.63, 3.8) is 0 Å². The van der Waals surface area contributed by atoms with Gasteiger partial charge in [0.25, 0.3) is 0 Å². The molecule has 0 aliphatic carbocycles. The van der Waals surface area contributed by atoms with Crippen LogP contribution >= 0.6 is 11.6 Å². The molecule has 30 heavy (non-hydrogen) atoms. The van der Waals surface area contributed by atoms with Gasteiger partial charge in [-0.1, -0.05) is 45.4 Å². The number of aromatic hydroxyl groups is 1. The van der Waals surface area contributed by atoms with Gasteiger partial charge in [0, 0.05) is 23.1 Å². The Morgan fingerprint density at radius 2 is 1.73 bits per heavy atom. The minimum atomic E-state index is -0.642. The monoisotopic (exact) mass is 440 g/mol. The minimum absolute atomic E-state index is 0.0489. The van der Waals surface area contributed by atoms with Crippen molar-refractivity contribution < 1.29 is 28.2 Å². The second kappa shape index (κ2) is 10.1. The van der Waals surface area contributed by atoms with Gasteiger partial charge >= 0.3 is 5.97 Å². The quantitative estimate of drug-likeness (QED) is 0.503. The Bertz CT molecular complexity index is 926. The Hall–Kier alpha value is -2.34. The van der Waals surface area contributed by atoms with Gasteiger partial charge < -0.3 is 14.6 Å². The van der Waals surface area contributed by atoms with Gasteiger partial charge in [0.05, 0.1) is 6.61 Å². The van der Waals surface area contributed by atoms with E-state index in [1.165, 1.54) is 18.2 Å². The second-order valence-electron chi connectivity index (χ2n) is 7.61. The maximum atomic E-state index is 15.2. The molecule has 0 saturated carbocycles. The number of benzene rings is 2. The molecule has 0 spiro atoms. The van der Waals surface area contributed by atoms with Gasteiger partial charge in [0.15, 0.2) is 18.2 Å². The Kier molecular flexibility index (Phi) is 8.07. The molecule has 2 rings (SSSR count). The molecule has 0 bridgehead atoms. The third-order valence-corrected chi connectivity index (χ3v) is 5.07. The summed E-state index contributed by atoms with van der Waals surface area (Å²) in [4.78, 5) is 11.5. The second-order valence-corrected chi connectivity index (χ2v) is 8.02. The fraction of sp³-hybridized carbons (Fsp3) is 0.435. The fourth-order valence-electron chi connectivity index (χ4n) is 3.39. The molecule has 0 radical (unpaired) electrons. The molecule has 0 heterocycles.